The molecule has 0 aromatic heterocycles. The summed E-state index contributed by atoms with van der Waals surface area (Å²) in [5.41, 5.74) is 2.39. The Balaban J connectivity index is 4.24. The van der Waals surface area contributed by atoms with E-state index in [1.54, 1.807) is 0 Å². The average Bonchev–Trinajstić information content (AvgIpc) is 2.27. The fourth-order valence-electron chi connectivity index (χ4n) is 1.46. The summed E-state index contributed by atoms with van der Waals surface area (Å²) in [7, 11) is 0. The number of carbonyl (C=O) groups is 1. The first-order chi connectivity index (χ1) is 8.82. The van der Waals surface area contributed by atoms with Gasteiger partial charge in [-0.3, -0.25) is 14.9 Å². The Morgan fingerprint density at radius 2 is 1.89 bits per heavy atom. The van der Waals surface area contributed by atoms with Gasteiger partial charge in [-0.1, -0.05) is 23.3 Å². The van der Waals surface area contributed by atoms with Crippen molar-refractivity contribution in [1.29, 1.82) is 0 Å². The number of ether oxygens (including phenoxy) is 1. The molecule has 5 nitrogen and oxygen atoms in total. The van der Waals surface area contributed by atoms with Crippen molar-refractivity contribution in [2.45, 2.75) is 53.0 Å². The van der Waals surface area contributed by atoms with E-state index in [-0.39, 0.29) is 6.61 Å². The van der Waals surface area contributed by atoms with Crippen molar-refractivity contribution >= 4 is 5.97 Å². The van der Waals surface area contributed by atoms with E-state index in [0.29, 0.717) is 6.42 Å². The zero-order valence-corrected chi connectivity index (χ0v) is 12.1. The molecular weight excluding hydrogens is 246 g/mol. The monoisotopic (exact) mass is 269 g/mol. The lowest BCUT2D eigenvalue weighted by Gasteiger charge is -2.07. The summed E-state index contributed by atoms with van der Waals surface area (Å²) in [5.74, 6) is -0.490. The molecule has 0 bridgehead atoms. The number of allylic oxidation sites excluding steroid dienone is 3. The largest absolute Gasteiger partial charge is 0.459 e. The van der Waals surface area contributed by atoms with Crippen LogP contribution in [0.5, 0.6) is 0 Å². The molecule has 0 saturated carbocycles. The van der Waals surface area contributed by atoms with E-state index in [0.717, 1.165) is 18.4 Å². The number of rotatable bonds is 8. The quantitative estimate of drug-likeness (QED) is 0.293. The zero-order chi connectivity index (χ0) is 14.8. The third-order valence-corrected chi connectivity index (χ3v) is 2.61. The molecule has 0 aromatic carbocycles. The van der Waals surface area contributed by atoms with Crippen molar-refractivity contribution in [3.8, 4) is 0 Å². The van der Waals surface area contributed by atoms with Crippen LogP contribution in [0.2, 0.25) is 0 Å². The van der Waals surface area contributed by atoms with Crippen LogP contribution in [-0.2, 0) is 9.53 Å². The van der Waals surface area contributed by atoms with Gasteiger partial charge in [0.05, 0.1) is 0 Å². The summed E-state index contributed by atoms with van der Waals surface area (Å²) in [6.07, 6.45) is 6.12. The number of hydrogen-bond donors (Lipinski definition) is 0. The number of nitro groups is 1. The van der Waals surface area contributed by atoms with E-state index >= 15 is 0 Å². The maximum Gasteiger partial charge on any atom is 0.302 e. The van der Waals surface area contributed by atoms with Crippen molar-refractivity contribution in [3.63, 3.8) is 0 Å². The lowest BCUT2D eigenvalue weighted by atomic mass is 10.1. The van der Waals surface area contributed by atoms with Gasteiger partial charge in [0, 0.05) is 18.3 Å². The molecule has 0 heterocycles. The highest BCUT2D eigenvalue weighted by Gasteiger charge is 2.20. The molecule has 1 unspecified atom stereocenters. The molecule has 0 radical (unpaired) electrons. The molecule has 0 amide bonds. The Kier molecular flexibility index (Phi) is 8.49. The second kappa shape index (κ2) is 9.30. The molecule has 0 aliphatic carbocycles. The normalized spacial score (nSPS) is 12.7. The minimum atomic E-state index is -0.859. The van der Waals surface area contributed by atoms with Crippen LogP contribution in [0.15, 0.2) is 23.3 Å². The van der Waals surface area contributed by atoms with E-state index in [1.165, 1.54) is 12.5 Å². The summed E-state index contributed by atoms with van der Waals surface area (Å²) in [4.78, 5) is 21.1. The van der Waals surface area contributed by atoms with Crippen LogP contribution in [0.3, 0.4) is 0 Å². The predicted molar refractivity (Wildman–Crippen MR) is 74.5 cm³/mol. The fraction of sp³-hybridized carbons (Fsp3) is 0.643. The maximum atomic E-state index is 10.8. The molecule has 0 N–H and O–H groups in total. The molecule has 0 aliphatic rings. The number of esters is 1. The van der Waals surface area contributed by atoms with Crippen molar-refractivity contribution in [2.24, 2.45) is 0 Å². The van der Waals surface area contributed by atoms with Crippen molar-refractivity contribution in [1.82, 2.24) is 0 Å². The van der Waals surface area contributed by atoms with E-state index in [1.807, 2.05) is 26.8 Å². The molecule has 0 rings (SSSR count). The van der Waals surface area contributed by atoms with Gasteiger partial charge in [-0.2, -0.15) is 0 Å². The topological polar surface area (TPSA) is 69.4 Å². The van der Waals surface area contributed by atoms with Crippen LogP contribution in [-0.4, -0.2) is 23.5 Å². The van der Waals surface area contributed by atoms with E-state index < -0.39 is 16.9 Å². The highest BCUT2D eigenvalue weighted by molar-refractivity contribution is 5.65. The lowest BCUT2D eigenvalue weighted by Crippen LogP contribution is -2.26. The van der Waals surface area contributed by atoms with E-state index in [2.05, 4.69) is 6.08 Å². The van der Waals surface area contributed by atoms with Crippen LogP contribution in [0, 0.1) is 10.1 Å². The third-order valence-electron chi connectivity index (χ3n) is 2.61. The van der Waals surface area contributed by atoms with Gasteiger partial charge < -0.3 is 4.74 Å². The molecule has 0 aliphatic heterocycles. The second-order valence-corrected chi connectivity index (χ2v) is 4.85. The second-order valence-electron chi connectivity index (χ2n) is 4.85. The summed E-state index contributed by atoms with van der Waals surface area (Å²) >= 11 is 0. The van der Waals surface area contributed by atoms with Gasteiger partial charge in [0.15, 0.2) is 6.61 Å². The van der Waals surface area contributed by atoms with Crippen LogP contribution >= 0.6 is 0 Å². The van der Waals surface area contributed by atoms with Crippen molar-refractivity contribution < 1.29 is 14.5 Å². The zero-order valence-electron chi connectivity index (χ0n) is 12.1. The Hall–Kier alpha value is -1.65. The molecule has 1 atom stereocenters. The van der Waals surface area contributed by atoms with Gasteiger partial charge in [0.2, 0.25) is 6.04 Å². The SMILES string of the molecule is CC(=O)OCC(C/C=C(\C)CCC=C(C)C)[N+](=O)[O-]. The lowest BCUT2D eigenvalue weighted by molar-refractivity contribution is -0.524. The maximum absolute atomic E-state index is 10.8. The first-order valence-electron chi connectivity index (χ1n) is 6.38. The average molecular weight is 269 g/mol. The van der Waals surface area contributed by atoms with Gasteiger partial charge in [-0.05, 0) is 33.6 Å². The van der Waals surface area contributed by atoms with Gasteiger partial charge in [-0.25, -0.2) is 0 Å². The van der Waals surface area contributed by atoms with Crippen molar-refractivity contribution in [3.05, 3.63) is 33.4 Å². The predicted octanol–water partition coefficient (Wildman–Crippen LogP) is 3.28. The first-order valence-corrected chi connectivity index (χ1v) is 6.38. The van der Waals surface area contributed by atoms with E-state index in [4.69, 9.17) is 4.74 Å². The van der Waals surface area contributed by atoms with Crippen molar-refractivity contribution in [2.75, 3.05) is 6.61 Å². The van der Waals surface area contributed by atoms with Crippen LogP contribution < -0.4 is 0 Å². The van der Waals surface area contributed by atoms with Crippen LogP contribution in [0.4, 0.5) is 0 Å². The summed E-state index contributed by atoms with van der Waals surface area (Å²) in [6, 6.07) is -0.859. The summed E-state index contributed by atoms with van der Waals surface area (Å²) in [6.45, 7) is 7.13. The molecular formula is C14H23NO4. The highest BCUT2D eigenvalue weighted by atomic mass is 16.6. The first kappa shape index (κ1) is 17.4. The van der Waals surface area contributed by atoms with Gasteiger partial charge in [0.25, 0.3) is 0 Å². The number of hydrogen-bond acceptors (Lipinski definition) is 4. The number of nitrogens with zero attached hydrogens (tertiary/aromatic N) is 1. The number of carbonyl (C=O) groups excluding carboxylic acids is 1. The minimum Gasteiger partial charge on any atom is -0.459 e. The summed E-state index contributed by atoms with van der Waals surface area (Å²) < 4.78 is 4.69. The Morgan fingerprint density at radius 1 is 1.26 bits per heavy atom. The van der Waals surface area contributed by atoms with E-state index in [9.17, 15) is 14.9 Å². The molecule has 108 valence electrons. The molecule has 5 heteroatoms. The highest BCUT2D eigenvalue weighted by Crippen LogP contribution is 2.10. The summed E-state index contributed by atoms with van der Waals surface area (Å²) in [5, 5.41) is 10.8. The Morgan fingerprint density at radius 3 is 2.37 bits per heavy atom. The van der Waals surface area contributed by atoms with Crippen LogP contribution in [0.1, 0.15) is 47.0 Å². The third kappa shape index (κ3) is 10.00. The van der Waals surface area contributed by atoms with Gasteiger partial charge in [0.1, 0.15) is 0 Å². The standard InChI is InChI=1S/C14H23NO4/c1-11(2)6-5-7-12(3)8-9-14(15(17)18)10-19-13(4)16/h6,8,14H,5,7,9-10H2,1-4H3/b12-8+. The van der Waals surface area contributed by atoms with Crippen LogP contribution in [0.25, 0.3) is 0 Å². The molecule has 0 fully saturated rings. The minimum absolute atomic E-state index is 0.167. The Labute approximate surface area is 114 Å². The molecule has 0 aromatic rings. The van der Waals surface area contributed by atoms with Gasteiger partial charge >= 0.3 is 5.97 Å². The molecule has 0 saturated heterocycles. The molecule has 0 spiro atoms. The smallest absolute Gasteiger partial charge is 0.302 e. The molecule has 19 heavy (non-hydrogen) atoms. The fourth-order valence-corrected chi connectivity index (χ4v) is 1.46. The Bertz CT molecular complexity index is 368. The van der Waals surface area contributed by atoms with Gasteiger partial charge in [-0.15, -0.1) is 0 Å².